The van der Waals surface area contributed by atoms with Crippen molar-refractivity contribution in [2.75, 3.05) is 19.6 Å². The Morgan fingerprint density at radius 1 is 0.885 bits per heavy atom. The molecule has 4 heteroatoms. The van der Waals surface area contributed by atoms with Gasteiger partial charge >= 0.3 is 0 Å². The van der Waals surface area contributed by atoms with Gasteiger partial charge < -0.3 is 14.3 Å². The Hall–Kier alpha value is -2.56. The number of hydrogen-bond acceptors (Lipinski definition) is 3. The van der Waals surface area contributed by atoms with Gasteiger partial charge in [0.1, 0.15) is 5.76 Å². The molecule has 0 saturated carbocycles. The summed E-state index contributed by atoms with van der Waals surface area (Å²) in [5.41, 5.74) is 2.65. The molecule has 5 rings (SSSR count). The molecular formula is C22H23N3O. The molecule has 0 spiro atoms. The first-order chi connectivity index (χ1) is 12.9. The maximum absolute atomic E-state index is 5.43. The minimum absolute atomic E-state index is 0.490. The molecule has 1 aliphatic heterocycles. The fourth-order valence-electron chi connectivity index (χ4n) is 3.92. The number of benzene rings is 2. The molecule has 1 fully saturated rings. The summed E-state index contributed by atoms with van der Waals surface area (Å²) in [7, 11) is 0. The third kappa shape index (κ3) is 2.91. The number of nitrogens with one attached hydrogen (secondary N) is 1. The molecule has 1 saturated heterocycles. The number of aromatic nitrogens is 1. The van der Waals surface area contributed by atoms with Crippen LogP contribution >= 0.6 is 0 Å². The molecule has 0 radical (unpaired) electrons. The normalized spacial score (nSPS) is 15.7. The van der Waals surface area contributed by atoms with Crippen LogP contribution < -0.4 is 5.32 Å². The molecule has 1 atom stereocenters. The van der Waals surface area contributed by atoms with E-state index in [0.29, 0.717) is 6.04 Å². The van der Waals surface area contributed by atoms with Crippen molar-refractivity contribution in [1.29, 1.82) is 0 Å². The molecule has 1 N–H and O–H groups in total. The number of rotatable bonds is 7. The summed E-state index contributed by atoms with van der Waals surface area (Å²) >= 11 is 0. The first-order valence-corrected chi connectivity index (χ1v) is 9.33. The van der Waals surface area contributed by atoms with Crippen LogP contribution in [-0.4, -0.2) is 35.1 Å². The average Bonchev–Trinajstić information content (AvgIpc) is 3.31. The lowest BCUT2D eigenvalue weighted by Crippen LogP contribution is -2.36. The van der Waals surface area contributed by atoms with Crippen molar-refractivity contribution in [3.63, 3.8) is 0 Å². The van der Waals surface area contributed by atoms with E-state index in [-0.39, 0.29) is 0 Å². The third-order valence-electron chi connectivity index (χ3n) is 5.33. The van der Waals surface area contributed by atoms with Crippen LogP contribution in [0.4, 0.5) is 0 Å². The molecule has 0 amide bonds. The lowest BCUT2D eigenvalue weighted by Gasteiger charge is -2.21. The van der Waals surface area contributed by atoms with Crippen LogP contribution in [0.2, 0.25) is 0 Å². The molecule has 1 unspecified atom stereocenters. The summed E-state index contributed by atoms with van der Waals surface area (Å²) in [4.78, 5) is 2.54. The van der Waals surface area contributed by atoms with E-state index in [1.165, 1.54) is 34.9 Å². The summed E-state index contributed by atoms with van der Waals surface area (Å²) in [6, 6.07) is 21.9. The van der Waals surface area contributed by atoms with Gasteiger partial charge in [-0.05, 0) is 24.3 Å². The van der Waals surface area contributed by atoms with Crippen LogP contribution in [0.5, 0.6) is 0 Å². The van der Waals surface area contributed by atoms with Gasteiger partial charge in [-0.2, -0.15) is 0 Å². The van der Waals surface area contributed by atoms with Gasteiger partial charge in [0.05, 0.1) is 12.8 Å². The van der Waals surface area contributed by atoms with Gasteiger partial charge in [0, 0.05) is 54.0 Å². The smallest absolute Gasteiger partial charge is 0.117 e. The van der Waals surface area contributed by atoms with Gasteiger partial charge in [-0.25, -0.2) is 0 Å². The van der Waals surface area contributed by atoms with Crippen molar-refractivity contribution in [2.24, 2.45) is 0 Å². The zero-order chi connectivity index (χ0) is 17.3. The summed E-state index contributed by atoms with van der Waals surface area (Å²) in [6.07, 6.45) is 1.73. The van der Waals surface area contributed by atoms with E-state index in [0.717, 1.165) is 25.4 Å². The Labute approximate surface area is 153 Å². The summed E-state index contributed by atoms with van der Waals surface area (Å²) in [6.45, 7) is 5.14. The van der Waals surface area contributed by atoms with E-state index in [1.54, 1.807) is 6.26 Å². The van der Waals surface area contributed by atoms with E-state index in [9.17, 15) is 0 Å². The van der Waals surface area contributed by atoms with Crippen LogP contribution in [0.1, 0.15) is 5.76 Å². The molecule has 132 valence electrons. The molecule has 3 heterocycles. The maximum Gasteiger partial charge on any atom is 0.117 e. The molecule has 0 aliphatic carbocycles. The molecule has 2 aromatic carbocycles. The zero-order valence-corrected chi connectivity index (χ0v) is 14.8. The highest BCUT2D eigenvalue weighted by Crippen LogP contribution is 2.29. The number of hydrogen-bond donors (Lipinski definition) is 1. The SMILES string of the molecule is c1coc(CNCC(Cn2c3ccccc3c3ccccc32)N2CC2)c1. The zero-order valence-electron chi connectivity index (χ0n) is 14.8. The summed E-state index contributed by atoms with van der Waals surface area (Å²) in [5.74, 6) is 0.992. The second-order valence-electron chi connectivity index (χ2n) is 7.04. The first-order valence-electron chi connectivity index (χ1n) is 9.33. The van der Waals surface area contributed by atoms with E-state index in [2.05, 4.69) is 63.3 Å². The predicted octanol–water partition coefficient (Wildman–Crippen LogP) is 3.86. The quantitative estimate of drug-likeness (QED) is 0.516. The molecule has 2 aromatic heterocycles. The minimum Gasteiger partial charge on any atom is -0.468 e. The van der Waals surface area contributed by atoms with Gasteiger partial charge in [-0.3, -0.25) is 4.90 Å². The van der Waals surface area contributed by atoms with Gasteiger partial charge in [0.2, 0.25) is 0 Å². The van der Waals surface area contributed by atoms with E-state index >= 15 is 0 Å². The average molecular weight is 345 g/mol. The summed E-state index contributed by atoms with van der Waals surface area (Å²) < 4.78 is 7.92. The van der Waals surface area contributed by atoms with Gasteiger partial charge in [-0.1, -0.05) is 36.4 Å². The highest BCUT2D eigenvalue weighted by atomic mass is 16.3. The van der Waals surface area contributed by atoms with Crippen molar-refractivity contribution >= 4 is 21.8 Å². The third-order valence-corrected chi connectivity index (χ3v) is 5.33. The largest absolute Gasteiger partial charge is 0.468 e. The lowest BCUT2D eigenvalue weighted by atomic mass is 10.2. The lowest BCUT2D eigenvalue weighted by molar-refractivity contribution is 0.337. The van der Waals surface area contributed by atoms with Crippen molar-refractivity contribution in [3.8, 4) is 0 Å². The molecule has 1 aliphatic rings. The van der Waals surface area contributed by atoms with Crippen LogP contribution in [0.25, 0.3) is 21.8 Å². The number of fused-ring (bicyclic) bond motifs is 3. The number of furan rings is 1. The Kier molecular flexibility index (Phi) is 4.00. The van der Waals surface area contributed by atoms with Gasteiger partial charge in [0.15, 0.2) is 0 Å². The molecule has 4 nitrogen and oxygen atoms in total. The maximum atomic E-state index is 5.43. The van der Waals surface area contributed by atoms with Crippen molar-refractivity contribution in [2.45, 2.75) is 19.1 Å². The second-order valence-corrected chi connectivity index (χ2v) is 7.04. The first kappa shape index (κ1) is 15.7. The van der Waals surface area contributed by atoms with E-state index in [4.69, 9.17) is 4.42 Å². The van der Waals surface area contributed by atoms with Gasteiger partial charge in [0.25, 0.3) is 0 Å². The second kappa shape index (κ2) is 6.63. The molecule has 4 aromatic rings. The molecule has 0 bridgehead atoms. The van der Waals surface area contributed by atoms with Crippen LogP contribution in [0.15, 0.2) is 71.3 Å². The summed E-state index contributed by atoms with van der Waals surface area (Å²) in [5, 5.41) is 6.26. The Bertz CT molecular complexity index is 961. The molecule has 26 heavy (non-hydrogen) atoms. The topological polar surface area (TPSA) is 33.1 Å². The van der Waals surface area contributed by atoms with Crippen molar-refractivity contribution < 1.29 is 4.42 Å². The Morgan fingerprint density at radius 2 is 1.58 bits per heavy atom. The highest BCUT2D eigenvalue weighted by Gasteiger charge is 2.28. The van der Waals surface area contributed by atoms with E-state index < -0.39 is 0 Å². The van der Waals surface area contributed by atoms with Crippen molar-refractivity contribution in [3.05, 3.63) is 72.7 Å². The van der Waals surface area contributed by atoms with E-state index in [1.807, 2.05) is 12.1 Å². The number of para-hydroxylation sites is 2. The minimum atomic E-state index is 0.490. The Balaban J connectivity index is 1.42. The predicted molar refractivity (Wildman–Crippen MR) is 105 cm³/mol. The standard InChI is InChI=1S/C22H23N3O/c1-3-9-21-19(7-1)20-8-2-4-10-22(20)25(21)16-17(24-11-12-24)14-23-15-18-6-5-13-26-18/h1-10,13,17,23H,11-12,14-16H2. The van der Waals surface area contributed by atoms with Gasteiger partial charge in [-0.15, -0.1) is 0 Å². The monoisotopic (exact) mass is 345 g/mol. The molecular weight excluding hydrogens is 322 g/mol. The number of nitrogens with zero attached hydrogens (tertiary/aromatic N) is 2. The fourth-order valence-corrected chi connectivity index (χ4v) is 3.92. The fraction of sp³-hybridized carbons (Fsp3) is 0.273. The van der Waals surface area contributed by atoms with Crippen LogP contribution in [0, 0.1) is 0 Å². The highest BCUT2D eigenvalue weighted by molar-refractivity contribution is 6.07. The van der Waals surface area contributed by atoms with Crippen molar-refractivity contribution in [1.82, 2.24) is 14.8 Å². The van der Waals surface area contributed by atoms with Crippen LogP contribution in [0.3, 0.4) is 0 Å². The van der Waals surface area contributed by atoms with Crippen LogP contribution in [-0.2, 0) is 13.1 Å². The Morgan fingerprint density at radius 3 is 2.19 bits per heavy atom.